The van der Waals surface area contributed by atoms with Crippen LogP contribution in [0.2, 0.25) is 0 Å². The highest BCUT2D eigenvalue weighted by molar-refractivity contribution is 7.99. The molecule has 86 valence electrons. The summed E-state index contributed by atoms with van der Waals surface area (Å²) in [6.07, 6.45) is 0.262. The van der Waals surface area contributed by atoms with E-state index >= 15 is 0 Å². The van der Waals surface area contributed by atoms with Crippen LogP contribution in [-0.2, 0) is 4.79 Å². The first kappa shape index (κ1) is 11.4. The molecule has 16 heavy (non-hydrogen) atoms. The molecule has 1 aliphatic rings. The number of nitrogens with zero attached hydrogens (tertiary/aromatic N) is 1. The predicted molar refractivity (Wildman–Crippen MR) is 63.1 cm³/mol. The van der Waals surface area contributed by atoms with Crippen LogP contribution >= 0.6 is 11.8 Å². The second kappa shape index (κ2) is 4.84. The fraction of sp³-hybridized carbons (Fsp3) is 0.364. The van der Waals surface area contributed by atoms with E-state index in [1.807, 2.05) is 6.07 Å². The second-order valence-electron chi connectivity index (χ2n) is 3.52. The topological polar surface area (TPSA) is 46.3 Å². The maximum atomic E-state index is 13.7. The predicted octanol–water partition coefficient (Wildman–Crippen LogP) is 1.61. The van der Waals surface area contributed by atoms with Gasteiger partial charge in [0.25, 0.3) is 0 Å². The Balaban J connectivity index is 2.35. The number of hydrogen-bond donors (Lipinski definition) is 1. The molecule has 2 N–H and O–H groups in total. The number of amides is 1. The lowest BCUT2D eigenvalue weighted by Crippen LogP contribution is -2.37. The van der Waals surface area contributed by atoms with Crippen molar-refractivity contribution >= 4 is 23.4 Å². The van der Waals surface area contributed by atoms with Crippen molar-refractivity contribution in [1.29, 1.82) is 0 Å². The van der Waals surface area contributed by atoms with Gasteiger partial charge in [0.15, 0.2) is 0 Å². The van der Waals surface area contributed by atoms with Gasteiger partial charge < -0.3 is 10.6 Å². The Morgan fingerprint density at radius 3 is 3.12 bits per heavy atom. The van der Waals surface area contributed by atoms with E-state index in [0.717, 1.165) is 10.6 Å². The van der Waals surface area contributed by atoms with E-state index in [-0.39, 0.29) is 18.1 Å². The average Bonchev–Trinajstić information content (AvgIpc) is 2.29. The zero-order valence-electron chi connectivity index (χ0n) is 8.78. The molecule has 0 unspecified atom stereocenters. The number of carbonyl (C=O) groups excluding carboxylic acids is 1. The van der Waals surface area contributed by atoms with Crippen LogP contribution in [0.5, 0.6) is 0 Å². The van der Waals surface area contributed by atoms with Crippen LogP contribution < -0.4 is 10.6 Å². The number of hydrogen-bond acceptors (Lipinski definition) is 3. The quantitative estimate of drug-likeness (QED) is 0.854. The summed E-state index contributed by atoms with van der Waals surface area (Å²) in [5.74, 6) is 0.358. The van der Waals surface area contributed by atoms with Crippen LogP contribution in [0.25, 0.3) is 0 Å². The van der Waals surface area contributed by atoms with E-state index in [2.05, 4.69) is 0 Å². The van der Waals surface area contributed by atoms with Crippen molar-refractivity contribution in [2.75, 3.05) is 23.7 Å². The minimum atomic E-state index is -0.338. The SMILES string of the molecule is NCCC(=O)N1CCSc2cccc(F)c21. The van der Waals surface area contributed by atoms with Gasteiger partial charge in [0.05, 0.1) is 5.69 Å². The van der Waals surface area contributed by atoms with E-state index in [1.165, 1.54) is 11.0 Å². The van der Waals surface area contributed by atoms with Crippen LogP contribution in [0.15, 0.2) is 23.1 Å². The van der Waals surface area contributed by atoms with Crippen molar-refractivity contribution in [3.63, 3.8) is 0 Å². The van der Waals surface area contributed by atoms with Gasteiger partial charge in [-0.25, -0.2) is 4.39 Å². The van der Waals surface area contributed by atoms with Crippen LogP contribution in [0.3, 0.4) is 0 Å². The van der Waals surface area contributed by atoms with Gasteiger partial charge in [0.1, 0.15) is 5.82 Å². The summed E-state index contributed by atoms with van der Waals surface area (Å²) in [6, 6.07) is 4.89. The Kier molecular flexibility index (Phi) is 3.46. The summed E-state index contributed by atoms with van der Waals surface area (Å²) >= 11 is 1.58. The lowest BCUT2D eigenvalue weighted by Gasteiger charge is -2.29. The van der Waals surface area contributed by atoms with Gasteiger partial charge in [-0.1, -0.05) is 6.07 Å². The number of anilines is 1. The van der Waals surface area contributed by atoms with Crippen molar-refractivity contribution in [1.82, 2.24) is 0 Å². The first-order valence-corrected chi connectivity index (χ1v) is 6.14. The summed E-state index contributed by atoms with van der Waals surface area (Å²) < 4.78 is 13.7. The molecule has 0 radical (unpaired) electrons. The van der Waals surface area contributed by atoms with Crippen LogP contribution in [0.4, 0.5) is 10.1 Å². The summed E-state index contributed by atoms with van der Waals surface area (Å²) in [7, 11) is 0. The van der Waals surface area contributed by atoms with Crippen LogP contribution in [-0.4, -0.2) is 24.7 Å². The summed E-state index contributed by atoms with van der Waals surface area (Å²) in [5, 5.41) is 0. The van der Waals surface area contributed by atoms with Crippen LogP contribution in [0, 0.1) is 5.82 Å². The number of para-hydroxylation sites is 1. The summed E-state index contributed by atoms with van der Waals surface area (Å²) in [4.78, 5) is 14.1. The average molecular weight is 240 g/mol. The minimum Gasteiger partial charge on any atom is -0.330 e. The smallest absolute Gasteiger partial charge is 0.228 e. The molecule has 1 aliphatic heterocycles. The number of rotatable bonds is 2. The Hall–Kier alpha value is -1.07. The molecule has 0 saturated carbocycles. The molecule has 0 spiro atoms. The molecule has 0 saturated heterocycles. The van der Waals surface area contributed by atoms with E-state index in [1.54, 1.807) is 17.8 Å². The van der Waals surface area contributed by atoms with Gasteiger partial charge >= 0.3 is 0 Å². The monoisotopic (exact) mass is 240 g/mol. The number of fused-ring (bicyclic) bond motifs is 1. The molecule has 5 heteroatoms. The molecule has 1 heterocycles. The molecule has 0 bridgehead atoms. The highest BCUT2D eigenvalue weighted by Gasteiger charge is 2.25. The number of benzene rings is 1. The second-order valence-corrected chi connectivity index (χ2v) is 4.66. The van der Waals surface area contributed by atoms with Crippen molar-refractivity contribution in [3.05, 3.63) is 24.0 Å². The lowest BCUT2D eigenvalue weighted by atomic mass is 10.2. The number of nitrogens with two attached hydrogens (primary N) is 1. The lowest BCUT2D eigenvalue weighted by molar-refractivity contribution is -0.118. The molecule has 0 aromatic heterocycles. The van der Waals surface area contributed by atoms with Crippen molar-refractivity contribution in [3.8, 4) is 0 Å². The molecular formula is C11H13FN2OS. The molecular weight excluding hydrogens is 227 g/mol. The maximum absolute atomic E-state index is 13.7. The molecule has 0 atom stereocenters. The van der Waals surface area contributed by atoms with E-state index in [9.17, 15) is 9.18 Å². The summed E-state index contributed by atoms with van der Waals surface area (Å²) in [6.45, 7) is 0.851. The third-order valence-electron chi connectivity index (χ3n) is 2.45. The molecule has 3 nitrogen and oxygen atoms in total. The molecule has 0 fully saturated rings. The normalized spacial score (nSPS) is 14.8. The van der Waals surface area contributed by atoms with E-state index in [0.29, 0.717) is 18.8 Å². The van der Waals surface area contributed by atoms with Gasteiger partial charge in [-0.15, -0.1) is 11.8 Å². The Morgan fingerprint density at radius 1 is 1.56 bits per heavy atom. The first-order valence-electron chi connectivity index (χ1n) is 5.16. The van der Waals surface area contributed by atoms with Crippen molar-refractivity contribution in [2.45, 2.75) is 11.3 Å². The number of carbonyl (C=O) groups is 1. The fourth-order valence-electron chi connectivity index (χ4n) is 1.74. The molecule has 1 aromatic rings. The van der Waals surface area contributed by atoms with Crippen molar-refractivity contribution < 1.29 is 9.18 Å². The number of halogens is 1. The van der Waals surface area contributed by atoms with Crippen LogP contribution in [0.1, 0.15) is 6.42 Å². The highest BCUT2D eigenvalue weighted by Crippen LogP contribution is 2.36. The third-order valence-corrected chi connectivity index (χ3v) is 3.48. The Morgan fingerprint density at radius 2 is 2.38 bits per heavy atom. The third kappa shape index (κ3) is 2.05. The van der Waals surface area contributed by atoms with E-state index in [4.69, 9.17) is 5.73 Å². The molecule has 2 rings (SSSR count). The van der Waals surface area contributed by atoms with Gasteiger partial charge in [-0.2, -0.15) is 0 Å². The molecule has 1 aromatic carbocycles. The minimum absolute atomic E-state index is 0.103. The highest BCUT2D eigenvalue weighted by atomic mass is 32.2. The zero-order chi connectivity index (χ0) is 11.5. The molecule has 1 amide bonds. The fourth-order valence-corrected chi connectivity index (χ4v) is 2.75. The summed E-state index contributed by atoms with van der Waals surface area (Å²) in [5.41, 5.74) is 5.76. The molecule has 0 aliphatic carbocycles. The largest absolute Gasteiger partial charge is 0.330 e. The van der Waals surface area contributed by atoms with Gasteiger partial charge in [0.2, 0.25) is 5.91 Å². The van der Waals surface area contributed by atoms with Gasteiger partial charge in [-0.3, -0.25) is 4.79 Å². The van der Waals surface area contributed by atoms with Crippen molar-refractivity contribution in [2.24, 2.45) is 5.73 Å². The number of thioether (sulfide) groups is 1. The maximum Gasteiger partial charge on any atom is 0.228 e. The van der Waals surface area contributed by atoms with Gasteiger partial charge in [-0.05, 0) is 12.1 Å². The first-order chi connectivity index (χ1) is 7.74. The Bertz CT molecular complexity index is 411. The standard InChI is InChI=1S/C11H13FN2OS/c12-8-2-1-3-9-11(8)14(6-7-16-9)10(15)4-5-13/h1-3H,4-7,13H2. The van der Waals surface area contributed by atoms with Gasteiger partial charge in [0, 0.05) is 30.2 Å². The Labute approximate surface area is 97.8 Å². The zero-order valence-corrected chi connectivity index (χ0v) is 9.60. The van der Waals surface area contributed by atoms with E-state index < -0.39 is 0 Å².